The summed E-state index contributed by atoms with van der Waals surface area (Å²) in [5.74, 6) is 0.255. The van der Waals surface area contributed by atoms with Crippen molar-refractivity contribution in [1.82, 2.24) is 9.97 Å². The average molecular weight is 289 g/mol. The zero-order valence-electron chi connectivity index (χ0n) is 9.70. The molecule has 0 aliphatic heterocycles. The first-order chi connectivity index (χ1) is 8.54. The Morgan fingerprint density at radius 2 is 1.94 bits per heavy atom. The molecule has 0 bridgehead atoms. The Labute approximate surface area is 115 Å². The van der Waals surface area contributed by atoms with Crippen LogP contribution in [0.5, 0.6) is 0 Å². The van der Waals surface area contributed by atoms with Gasteiger partial charge in [0.25, 0.3) is 0 Å². The highest BCUT2D eigenvalue weighted by Crippen LogP contribution is 2.24. The first-order valence-corrected chi connectivity index (χ1v) is 6.56. The van der Waals surface area contributed by atoms with Crippen LogP contribution >= 0.6 is 23.2 Å². The zero-order chi connectivity index (χ0) is 13.1. The van der Waals surface area contributed by atoms with Gasteiger partial charge in [-0.3, -0.25) is 4.79 Å². The molecule has 0 atom stereocenters. The largest absolute Gasteiger partial charge is 0.328 e. The van der Waals surface area contributed by atoms with Gasteiger partial charge in [0, 0.05) is 18.0 Å². The van der Waals surface area contributed by atoms with Crippen molar-refractivity contribution in [3.8, 4) is 0 Å². The Kier molecular flexibility index (Phi) is 4.37. The molecular weight excluding hydrogens is 275 g/mol. The van der Waals surface area contributed by atoms with Gasteiger partial charge in [-0.1, -0.05) is 11.6 Å². The maximum atomic E-state index is 12.0. The molecule has 0 saturated heterocycles. The fourth-order valence-electron chi connectivity index (χ4n) is 2.06. The molecule has 98 valence electrons. The first kappa shape index (κ1) is 13.5. The number of nitrogens with zero attached hydrogens (tertiary/aromatic N) is 2. The van der Waals surface area contributed by atoms with Crippen LogP contribution in [0.1, 0.15) is 25.7 Å². The Hall–Kier alpha value is -0.910. The maximum absolute atomic E-state index is 12.0. The number of nitrogens with two attached hydrogens (primary N) is 1. The molecule has 0 radical (unpaired) electrons. The Morgan fingerprint density at radius 1 is 1.28 bits per heavy atom. The van der Waals surface area contributed by atoms with Gasteiger partial charge in [-0.15, -0.1) is 0 Å². The summed E-state index contributed by atoms with van der Waals surface area (Å²) in [6.07, 6.45) is 3.37. The Morgan fingerprint density at radius 3 is 2.56 bits per heavy atom. The Bertz CT molecular complexity index is 426. The van der Waals surface area contributed by atoms with E-state index >= 15 is 0 Å². The second kappa shape index (κ2) is 5.82. The lowest BCUT2D eigenvalue weighted by Gasteiger charge is -2.24. The van der Waals surface area contributed by atoms with Gasteiger partial charge in [-0.25, -0.2) is 9.97 Å². The van der Waals surface area contributed by atoms with Crippen LogP contribution in [0.25, 0.3) is 0 Å². The zero-order valence-corrected chi connectivity index (χ0v) is 11.2. The number of rotatable bonds is 2. The smallest absolute Gasteiger partial charge is 0.228 e. The minimum atomic E-state index is -0.0623. The summed E-state index contributed by atoms with van der Waals surface area (Å²) in [7, 11) is 0. The van der Waals surface area contributed by atoms with Gasteiger partial charge in [-0.05, 0) is 37.3 Å². The van der Waals surface area contributed by atoms with Crippen molar-refractivity contribution >= 4 is 34.9 Å². The van der Waals surface area contributed by atoms with Crippen LogP contribution < -0.4 is 11.1 Å². The van der Waals surface area contributed by atoms with Gasteiger partial charge in [-0.2, -0.15) is 0 Å². The van der Waals surface area contributed by atoms with Crippen LogP contribution in [-0.2, 0) is 4.79 Å². The normalized spacial score (nSPS) is 23.7. The molecule has 1 heterocycles. The summed E-state index contributed by atoms with van der Waals surface area (Å²) >= 11 is 11.4. The number of anilines is 1. The molecule has 1 aromatic heterocycles. The number of halogens is 2. The van der Waals surface area contributed by atoms with Crippen molar-refractivity contribution in [3.05, 3.63) is 16.5 Å². The third-order valence-corrected chi connectivity index (χ3v) is 3.42. The van der Waals surface area contributed by atoms with Crippen molar-refractivity contribution in [2.24, 2.45) is 11.7 Å². The number of hydrogen-bond donors (Lipinski definition) is 2. The standard InChI is InChI=1S/C11H14Cl2N4O/c12-8-5-9(17-11(13)15-8)16-10(18)6-1-3-7(14)4-2-6/h5-7H,1-4,14H2,(H,15,16,17,18). The van der Waals surface area contributed by atoms with Crippen LogP contribution in [0.3, 0.4) is 0 Å². The van der Waals surface area contributed by atoms with Crippen LogP contribution in [0, 0.1) is 5.92 Å². The van der Waals surface area contributed by atoms with E-state index in [0.717, 1.165) is 25.7 Å². The summed E-state index contributed by atoms with van der Waals surface area (Å²) in [4.78, 5) is 19.6. The summed E-state index contributed by atoms with van der Waals surface area (Å²) < 4.78 is 0. The van der Waals surface area contributed by atoms with Crippen molar-refractivity contribution in [1.29, 1.82) is 0 Å². The molecule has 0 spiro atoms. The highest BCUT2D eigenvalue weighted by atomic mass is 35.5. The average Bonchev–Trinajstić information content (AvgIpc) is 2.28. The van der Waals surface area contributed by atoms with Gasteiger partial charge >= 0.3 is 0 Å². The molecule has 1 amide bonds. The second-order valence-electron chi connectivity index (χ2n) is 4.45. The highest BCUT2D eigenvalue weighted by Gasteiger charge is 2.24. The molecule has 1 aromatic rings. The molecule has 18 heavy (non-hydrogen) atoms. The molecule has 1 fully saturated rings. The van der Waals surface area contributed by atoms with E-state index in [2.05, 4.69) is 15.3 Å². The third-order valence-electron chi connectivity index (χ3n) is 3.06. The van der Waals surface area contributed by atoms with Gasteiger partial charge in [0.05, 0.1) is 0 Å². The maximum Gasteiger partial charge on any atom is 0.228 e. The molecule has 1 saturated carbocycles. The second-order valence-corrected chi connectivity index (χ2v) is 5.17. The lowest BCUT2D eigenvalue weighted by molar-refractivity contribution is -0.120. The predicted molar refractivity (Wildman–Crippen MR) is 70.6 cm³/mol. The fourth-order valence-corrected chi connectivity index (χ4v) is 2.47. The molecule has 1 aliphatic carbocycles. The number of carbonyl (C=O) groups excluding carboxylic acids is 1. The summed E-state index contributed by atoms with van der Waals surface area (Å²) in [5, 5.41) is 2.93. The van der Waals surface area contributed by atoms with Crippen LogP contribution in [-0.4, -0.2) is 21.9 Å². The summed E-state index contributed by atoms with van der Waals surface area (Å²) in [5.41, 5.74) is 5.80. The minimum Gasteiger partial charge on any atom is -0.328 e. The van der Waals surface area contributed by atoms with E-state index in [1.165, 1.54) is 6.07 Å². The summed E-state index contributed by atoms with van der Waals surface area (Å²) in [6.45, 7) is 0. The van der Waals surface area contributed by atoms with Crippen molar-refractivity contribution < 1.29 is 4.79 Å². The van der Waals surface area contributed by atoms with Crippen LogP contribution in [0.2, 0.25) is 10.4 Å². The SMILES string of the molecule is NC1CCC(C(=O)Nc2cc(Cl)nc(Cl)n2)CC1. The third kappa shape index (κ3) is 3.54. The molecule has 5 nitrogen and oxygen atoms in total. The fraction of sp³-hybridized carbons (Fsp3) is 0.545. The predicted octanol–water partition coefficient (Wildman–Crippen LogP) is 2.24. The molecule has 0 aromatic carbocycles. The van der Waals surface area contributed by atoms with Crippen molar-refractivity contribution in [3.63, 3.8) is 0 Å². The van der Waals surface area contributed by atoms with Gasteiger partial charge in [0.2, 0.25) is 11.2 Å². The molecule has 0 unspecified atom stereocenters. The number of hydrogen-bond acceptors (Lipinski definition) is 4. The van der Waals surface area contributed by atoms with E-state index in [0.29, 0.717) is 5.82 Å². The van der Waals surface area contributed by atoms with Gasteiger partial charge in [0.15, 0.2) is 0 Å². The van der Waals surface area contributed by atoms with E-state index in [9.17, 15) is 4.79 Å². The minimum absolute atomic E-state index is 0.0164. The quantitative estimate of drug-likeness (QED) is 0.646. The van der Waals surface area contributed by atoms with E-state index in [1.54, 1.807) is 0 Å². The Balaban J connectivity index is 1.98. The number of amides is 1. The van der Waals surface area contributed by atoms with Crippen LogP contribution in [0.4, 0.5) is 5.82 Å². The van der Waals surface area contributed by atoms with E-state index in [-0.39, 0.29) is 28.3 Å². The van der Waals surface area contributed by atoms with Gasteiger partial charge in [0.1, 0.15) is 11.0 Å². The van der Waals surface area contributed by atoms with Gasteiger partial charge < -0.3 is 11.1 Å². The van der Waals surface area contributed by atoms with Crippen molar-refractivity contribution in [2.45, 2.75) is 31.7 Å². The van der Waals surface area contributed by atoms with E-state index < -0.39 is 0 Å². The molecule has 1 aliphatic rings. The lowest BCUT2D eigenvalue weighted by atomic mass is 9.86. The topological polar surface area (TPSA) is 80.9 Å². The molecule has 7 heteroatoms. The molecule has 3 N–H and O–H groups in total. The monoisotopic (exact) mass is 288 g/mol. The molecular formula is C11H14Cl2N4O. The van der Waals surface area contributed by atoms with E-state index in [4.69, 9.17) is 28.9 Å². The first-order valence-electron chi connectivity index (χ1n) is 5.81. The van der Waals surface area contributed by atoms with Crippen LogP contribution in [0.15, 0.2) is 6.07 Å². The number of aromatic nitrogens is 2. The number of nitrogens with one attached hydrogen (secondary N) is 1. The number of carbonyl (C=O) groups is 1. The van der Waals surface area contributed by atoms with Crippen molar-refractivity contribution in [2.75, 3.05) is 5.32 Å². The lowest BCUT2D eigenvalue weighted by Crippen LogP contribution is -2.32. The molecule has 2 rings (SSSR count). The highest BCUT2D eigenvalue weighted by molar-refractivity contribution is 6.32. The van der Waals surface area contributed by atoms with E-state index in [1.807, 2.05) is 0 Å². The summed E-state index contributed by atoms with van der Waals surface area (Å²) in [6, 6.07) is 1.69.